The largest absolute Gasteiger partial charge is 0.393 e. The Kier molecular flexibility index (Phi) is 3.29. The van der Waals surface area contributed by atoms with Gasteiger partial charge < -0.3 is 10.6 Å². The van der Waals surface area contributed by atoms with Gasteiger partial charge in [0.2, 0.25) is 5.91 Å². The Morgan fingerprint density at radius 1 is 1.10 bits per heavy atom. The summed E-state index contributed by atoms with van der Waals surface area (Å²) < 4.78 is 0. The maximum absolute atomic E-state index is 13.3. The van der Waals surface area contributed by atoms with Crippen LogP contribution < -0.4 is 5.73 Å². The van der Waals surface area contributed by atoms with Gasteiger partial charge in [-0.05, 0) is 69.1 Å². The molecule has 1 saturated heterocycles. The van der Waals surface area contributed by atoms with Gasteiger partial charge in [0, 0.05) is 19.0 Å². The number of hydrogen-bond donors (Lipinski definition) is 1. The van der Waals surface area contributed by atoms with E-state index in [0.29, 0.717) is 10.9 Å². The van der Waals surface area contributed by atoms with Crippen LogP contribution in [0.3, 0.4) is 0 Å². The number of carbonyl (C=O) groups is 1. The van der Waals surface area contributed by atoms with E-state index in [1.165, 1.54) is 19.3 Å². The first kappa shape index (κ1) is 14.0. The summed E-state index contributed by atoms with van der Waals surface area (Å²) in [5, 5.41) is 0. The van der Waals surface area contributed by atoms with Crippen LogP contribution >= 0.6 is 12.2 Å². The third-order valence-electron chi connectivity index (χ3n) is 6.60. The monoisotopic (exact) mass is 306 g/mol. The fraction of sp³-hybridized carbons (Fsp3) is 0.882. The molecule has 4 bridgehead atoms. The van der Waals surface area contributed by atoms with Gasteiger partial charge in [-0.2, -0.15) is 0 Å². The minimum absolute atomic E-state index is 0.00709. The summed E-state index contributed by atoms with van der Waals surface area (Å²) >= 11 is 5.16. The van der Waals surface area contributed by atoms with E-state index in [1.54, 1.807) is 0 Å². The van der Waals surface area contributed by atoms with Crippen molar-refractivity contribution in [3.63, 3.8) is 0 Å². The molecular formula is C17H26N2OS. The number of likely N-dealkylation sites (tertiary alicyclic amines) is 1. The molecule has 4 heteroatoms. The highest BCUT2D eigenvalue weighted by Crippen LogP contribution is 2.60. The molecule has 4 aliphatic carbocycles. The van der Waals surface area contributed by atoms with Gasteiger partial charge >= 0.3 is 0 Å². The first-order valence-corrected chi connectivity index (χ1v) is 9.05. The Morgan fingerprint density at radius 3 is 2.19 bits per heavy atom. The molecule has 4 saturated carbocycles. The molecule has 1 heterocycles. The van der Waals surface area contributed by atoms with E-state index in [4.69, 9.17) is 18.0 Å². The Hall–Kier alpha value is -0.640. The van der Waals surface area contributed by atoms with Crippen molar-refractivity contribution < 1.29 is 4.79 Å². The Morgan fingerprint density at radius 2 is 1.67 bits per heavy atom. The molecule has 116 valence electrons. The van der Waals surface area contributed by atoms with Crippen LogP contribution in [-0.2, 0) is 4.79 Å². The number of carbonyl (C=O) groups excluding carboxylic acids is 1. The summed E-state index contributed by atoms with van der Waals surface area (Å²) in [6.45, 7) is 1.69. The van der Waals surface area contributed by atoms with Gasteiger partial charge in [0.05, 0.1) is 10.4 Å². The molecule has 2 N–H and O–H groups in total. The molecule has 21 heavy (non-hydrogen) atoms. The lowest BCUT2D eigenvalue weighted by Crippen LogP contribution is -2.56. The predicted molar refractivity (Wildman–Crippen MR) is 86.7 cm³/mol. The van der Waals surface area contributed by atoms with Crippen LogP contribution in [0.4, 0.5) is 0 Å². The Balaban J connectivity index is 1.53. The second-order valence-corrected chi connectivity index (χ2v) is 8.66. The SMILES string of the molecule is NC(=S)C1CCCN(C(=O)C23CC4CC(CC(C4)C2)C3)C1. The summed E-state index contributed by atoms with van der Waals surface area (Å²) in [6, 6.07) is 0. The molecule has 3 nitrogen and oxygen atoms in total. The summed E-state index contributed by atoms with van der Waals surface area (Å²) in [5.41, 5.74) is 5.82. The summed E-state index contributed by atoms with van der Waals surface area (Å²) in [6.07, 6.45) is 9.76. The standard InChI is InChI=1S/C17H26N2OS/c18-15(21)14-2-1-3-19(10-14)16(20)17-7-11-4-12(8-17)6-13(5-11)9-17/h11-14H,1-10H2,(H2,18,21). The molecule has 5 fully saturated rings. The van der Waals surface area contributed by atoms with Crippen molar-refractivity contribution in [2.24, 2.45) is 34.8 Å². The lowest BCUT2D eigenvalue weighted by Gasteiger charge is -2.57. The van der Waals surface area contributed by atoms with E-state index in [1.807, 2.05) is 0 Å². The van der Waals surface area contributed by atoms with Crippen LogP contribution in [-0.4, -0.2) is 28.9 Å². The molecule has 1 unspecified atom stereocenters. The van der Waals surface area contributed by atoms with Crippen molar-refractivity contribution in [1.82, 2.24) is 4.90 Å². The Labute approximate surface area is 132 Å². The quantitative estimate of drug-likeness (QED) is 0.798. The second kappa shape index (κ2) is 4.94. The third-order valence-corrected chi connectivity index (χ3v) is 6.94. The zero-order chi connectivity index (χ0) is 14.6. The average molecular weight is 306 g/mol. The molecule has 0 radical (unpaired) electrons. The normalized spacial score (nSPS) is 44.9. The zero-order valence-electron chi connectivity index (χ0n) is 12.7. The maximum Gasteiger partial charge on any atom is 0.228 e. The predicted octanol–water partition coefficient (Wildman–Crippen LogP) is 2.73. The van der Waals surface area contributed by atoms with E-state index in [0.717, 1.165) is 62.9 Å². The van der Waals surface area contributed by atoms with Gasteiger partial charge in [0.25, 0.3) is 0 Å². The van der Waals surface area contributed by atoms with E-state index in [2.05, 4.69) is 4.90 Å². The molecule has 1 amide bonds. The van der Waals surface area contributed by atoms with E-state index >= 15 is 0 Å². The number of thiocarbonyl (C=S) groups is 1. The molecule has 0 aromatic rings. The molecule has 0 aromatic carbocycles. The van der Waals surface area contributed by atoms with Crippen molar-refractivity contribution in [2.75, 3.05) is 13.1 Å². The summed E-state index contributed by atoms with van der Waals surface area (Å²) in [7, 11) is 0. The van der Waals surface area contributed by atoms with Crippen LogP contribution in [0.5, 0.6) is 0 Å². The van der Waals surface area contributed by atoms with Crippen LogP contribution in [0.2, 0.25) is 0 Å². The second-order valence-electron chi connectivity index (χ2n) is 8.19. The average Bonchev–Trinajstić information content (AvgIpc) is 2.45. The van der Waals surface area contributed by atoms with Gasteiger partial charge in [0.15, 0.2) is 0 Å². The fourth-order valence-electron chi connectivity index (χ4n) is 6.10. The topological polar surface area (TPSA) is 46.3 Å². The lowest BCUT2D eigenvalue weighted by atomic mass is 9.49. The molecule has 0 aromatic heterocycles. The molecule has 5 rings (SSSR count). The van der Waals surface area contributed by atoms with Gasteiger partial charge in [-0.15, -0.1) is 0 Å². The minimum atomic E-state index is -0.00709. The van der Waals surface area contributed by atoms with Crippen molar-refractivity contribution in [1.29, 1.82) is 0 Å². The van der Waals surface area contributed by atoms with Crippen LogP contribution in [0.1, 0.15) is 51.4 Å². The first-order chi connectivity index (χ1) is 10.1. The van der Waals surface area contributed by atoms with Gasteiger partial charge in [-0.25, -0.2) is 0 Å². The van der Waals surface area contributed by atoms with Gasteiger partial charge in [0.1, 0.15) is 0 Å². The molecule has 0 spiro atoms. The number of nitrogens with two attached hydrogens (primary N) is 1. The summed E-state index contributed by atoms with van der Waals surface area (Å²) in [5.74, 6) is 3.18. The van der Waals surface area contributed by atoms with Crippen LogP contribution in [0, 0.1) is 29.1 Å². The van der Waals surface area contributed by atoms with E-state index < -0.39 is 0 Å². The molecule has 1 aliphatic heterocycles. The number of nitrogens with zero attached hydrogens (tertiary/aromatic N) is 1. The fourth-order valence-corrected chi connectivity index (χ4v) is 6.29. The third kappa shape index (κ3) is 2.30. The smallest absolute Gasteiger partial charge is 0.228 e. The van der Waals surface area contributed by atoms with Gasteiger partial charge in [-0.1, -0.05) is 12.2 Å². The Bertz CT molecular complexity index is 440. The number of piperidine rings is 1. The van der Waals surface area contributed by atoms with Crippen molar-refractivity contribution in [2.45, 2.75) is 51.4 Å². The maximum atomic E-state index is 13.3. The van der Waals surface area contributed by atoms with E-state index in [-0.39, 0.29) is 11.3 Å². The van der Waals surface area contributed by atoms with Crippen LogP contribution in [0.25, 0.3) is 0 Å². The first-order valence-electron chi connectivity index (χ1n) is 8.64. The number of amides is 1. The van der Waals surface area contributed by atoms with Gasteiger partial charge in [-0.3, -0.25) is 4.79 Å². The van der Waals surface area contributed by atoms with Crippen molar-refractivity contribution >= 4 is 23.1 Å². The molecule has 1 atom stereocenters. The van der Waals surface area contributed by atoms with Crippen molar-refractivity contribution in [3.05, 3.63) is 0 Å². The molecule has 5 aliphatic rings. The van der Waals surface area contributed by atoms with Crippen molar-refractivity contribution in [3.8, 4) is 0 Å². The number of rotatable bonds is 2. The zero-order valence-corrected chi connectivity index (χ0v) is 13.5. The highest BCUT2D eigenvalue weighted by molar-refractivity contribution is 7.80. The summed E-state index contributed by atoms with van der Waals surface area (Å²) in [4.78, 5) is 16.0. The number of hydrogen-bond acceptors (Lipinski definition) is 2. The molecular weight excluding hydrogens is 280 g/mol. The minimum Gasteiger partial charge on any atom is -0.393 e. The highest BCUT2D eigenvalue weighted by atomic mass is 32.1. The lowest BCUT2D eigenvalue weighted by molar-refractivity contribution is -0.159. The van der Waals surface area contributed by atoms with Crippen LogP contribution in [0.15, 0.2) is 0 Å². The van der Waals surface area contributed by atoms with E-state index in [9.17, 15) is 4.79 Å². The highest BCUT2D eigenvalue weighted by Gasteiger charge is 2.55.